The summed E-state index contributed by atoms with van der Waals surface area (Å²) in [6.07, 6.45) is 9.57. The zero-order valence-electron chi connectivity index (χ0n) is 11.0. The predicted molar refractivity (Wildman–Crippen MR) is 69.8 cm³/mol. The van der Waals surface area contributed by atoms with Crippen LogP contribution < -0.4 is 10.6 Å². The first kappa shape index (κ1) is 12.9. The maximum atomic E-state index is 12.0. The fraction of sp³-hybridized carbons (Fsp3) is 0.929. The second-order valence-corrected chi connectivity index (χ2v) is 5.77. The van der Waals surface area contributed by atoms with Crippen molar-refractivity contribution in [2.75, 3.05) is 6.54 Å². The second kappa shape index (κ2) is 6.39. The molecule has 0 aromatic heterocycles. The number of nitrogens with one attached hydrogen (secondary N) is 2. The van der Waals surface area contributed by atoms with E-state index in [-0.39, 0.29) is 5.91 Å². The van der Waals surface area contributed by atoms with Gasteiger partial charge in [-0.25, -0.2) is 0 Å². The molecule has 1 heterocycles. The summed E-state index contributed by atoms with van der Waals surface area (Å²) in [6.45, 7) is 3.26. The average Bonchev–Trinajstić information content (AvgIpc) is 2.33. The first-order valence-corrected chi connectivity index (χ1v) is 7.28. The smallest absolute Gasteiger partial charge is 0.220 e. The third-order valence-electron chi connectivity index (χ3n) is 4.31. The fourth-order valence-electron chi connectivity index (χ4n) is 3.16. The number of carbonyl (C=O) groups excluding carboxylic acids is 1. The SMILES string of the molecule is CC1NCCCC1NC(=O)CC1CCCCC1. The van der Waals surface area contributed by atoms with Crippen molar-refractivity contribution in [1.29, 1.82) is 0 Å². The third-order valence-corrected chi connectivity index (χ3v) is 4.31. The molecule has 2 fully saturated rings. The minimum Gasteiger partial charge on any atom is -0.352 e. The minimum absolute atomic E-state index is 0.275. The number of piperidine rings is 1. The van der Waals surface area contributed by atoms with Crippen molar-refractivity contribution >= 4 is 5.91 Å². The molecule has 2 rings (SSSR count). The highest BCUT2D eigenvalue weighted by molar-refractivity contribution is 5.76. The van der Waals surface area contributed by atoms with E-state index in [1.165, 1.54) is 38.5 Å². The van der Waals surface area contributed by atoms with Crippen molar-refractivity contribution in [2.45, 2.75) is 70.4 Å². The van der Waals surface area contributed by atoms with Crippen LogP contribution in [0.2, 0.25) is 0 Å². The van der Waals surface area contributed by atoms with Crippen molar-refractivity contribution < 1.29 is 4.79 Å². The van der Waals surface area contributed by atoms with Gasteiger partial charge in [0.15, 0.2) is 0 Å². The van der Waals surface area contributed by atoms with Crippen molar-refractivity contribution in [1.82, 2.24) is 10.6 Å². The first-order chi connectivity index (χ1) is 8.25. The van der Waals surface area contributed by atoms with Crippen molar-refractivity contribution in [3.63, 3.8) is 0 Å². The molecule has 0 aromatic carbocycles. The fourth-order valence-corrected chi connectivity index (χ4v) is 3.16. The summed E-state index contributed by atoms with van der Waals surface area (Å²) >= 11 is 0. The molecule has 17 heavy (non-hydrogen) atoms. The van der Waals surface area contributed by atoms with Gasteiger partial charge in [-0.1, -0.05) is 19.3 Å². The summed E-state index contributed by atoms with van der Waals surface area (Å²) in [5.74, 6) is 0.924. The summed E-state index contributed by atoms with van der Waals surface area (Å²) in [7, 11) is 0. The van der Waals surface area contributed by atoms with Gasteiger partial charge in [0, 0.05) is 18.5 Å². The van der Waals surface area contributed by atoms with Crippen LogP contribution >= 0.6 is 0 Å². The summed E-state index contributed by atoms with van der Waals surface area (Å²) < 4.78 is 0. The molecule has 3 heteroatoms. The molecule has 1 aliphatic heterocycles. The van der Waals surface area contributed by atoms with Gasteiger partial charge in [-0.3, -0.25) is 4.79 Å². The van der Waals surface area contributed by atoms with Crippen LogP contribution in [0.5, 0.6) is 0 Å². The highest BCUT2D eigenvalue weighted by Crippen LogP contribution is 2.26. The molecule has 2 aliphatic rings. The topological polar surface area (TPSA) is 41.1 Å². The molecule has 0 spiro atoms. The molecule has 98 valence electrons. The van der Waals surface area contributed by atoms with Crippen LogP contribution in [-0.2, 0) is 4.79 Å². The third kappa shape index (κ3) is 3.98. The Kier molecular flexibility index (Phi) is 4.84. The van der Waals surface area contributed by atoms with Gasteiger partial charge >= 0.3 is 0 Å². The van der Waals surface area contributed by atoms with E-state index in [4.69, 9.17) is 0 Å². The van der Waals surface area contributed by atoms with Gasteiger partial charge < -0.3 is 10.6 Å². The Balaban J connectivity index is 1.72. The molecule has 2 N–H and O–H groups in total. The summed E-state index contributed by atoms with van der Waals surface area (Å²) in [5.41, 5.74) is 0. The van der Waals surface area contributed by atoms with Gasteiger partial charge in [-0.2, -0.15) is 0 Å². The van der Waals surface area contributed by atoms with Crippen molar-refractivity contribution in [2.24, 2.45) is 5.92 Å². The summed E-state index contributed by atoms with van der Waals surface area (Å²) in [6, 6.07) is 0.777. The average molecular weight is 238 g/mol. The zero-order valence-corrected chi connectivity index (χ0v) is 11.0. The van der Waals surface area contributed by atoms with Crippen molar-refractivity contribution in [3.05, 3.63) is 0 Å². The molecule has 2 atom stereocenters. The lowest BCUT2D eigenvalue weighted by Crippen LogP contribution is -2.52. The van der Waals surface area contributed by atoms with Crippen LogP contribution in [0.4, 0.5) is 0 Å². The maximum Gasteiger partial charge on any atom is 0.220 e. The Morgan fingerprint density at radius 3 is 2.65 bits per heavy atom. The monoisotopic (exact) mass is 238 g/mol. The normalized spacial score (nSPS) is 31.1. The van der Waals surface area contributed by atoms with E-state index < -0.39 is 0 Å². The van der Waals surface area contributed by atoms with Gasteiger partial charge in [-0.15, -0.1) is 0 Å². The van der Waals surface area contributed by atoms with E-state index in [2.05, 4.69) is 17.6 Å². The van der Waals surface area contributed by atoms with Crippen LogP contribution in [0.1, 0.15) is 58.3 Å². The molecule has 3 nitrogen and oxygen atoms in total. The number of hydrogen-bond donors (Lipinski definition) is 2. The Labute approximate surface area is 105 Å². The molecule has 0 radical (unpaired) electrons. The summed E-state index contributed by atoms with van der Waals surface area (Å²) in [5, 5.41) is 6.64. The number of carbonyl (C=O) groups is 1. The predicted octanol–water partition coefficient (Wildman–Crippen LogP) is 2.21. The van der Waals surface area contributed by atoms with E-state index >= 15 is 0 Å². The van der Waals surface area contributed by atoms with Crippen LogP contribution in [0, 0.1) is 5.92 Å². The van der Waals surface area contributed by atoms with Gasteiger partial charge in [0.1, 0.15) is 0 Å². The highest BCUT2D eigenvalue weighted by Gasteiger charge is 2.24. The largest absolute Gasteiger partial charge is 0.352 e. The molecule has 1 amide bonds. The Morgan fingerprint density at radius 2 is 1.94 bits per heavy atom. The van der Waals surface area contributed by atoms with Crippen LogP contribution in [0.3, 0.4) is 0 Å². The maximum absolute atomic E-state index is 12.0. The Hall–Kier alpha value is -0.570. The Morgan fingerprint density at radius 1 is 1.18 bits per heavy atom. The van der Waals surface area contributed by atoms with Crippen LogP contribution in [0.25, 0.3) is 0 Å². The first-order valence-electron chi connectivity index (χ1n) is 7.28. The molecule has 0 bridgehead atoms. The lowest BCUT2D eigenvalue weighted by molar-refractivity contribution is -0.123. The molecular weight excluding hydrogens is 212 g/mol. The molecular formula is C14H26N2O. The lowest BCUT2D eigenvalue weighted by Gasteiger charge is -2.31. The molecule has 1 saturated carbocycles. The van der Waals surface area contributed by atoms with Gasteiger partial charge in [0.05, 0.1) is 0 Å². The molecule has 2 unspecified atom stereocenters. The molecule has 0 aromatic rings. The van der Waals surface area contributed by atoms with Gasteiger partial charge in [0.25, 0.3) is 0 Å². The van der Waals surface area contributed by atoms with Crippen LogP contribution in [-0.4, -0.2) is 24.5 Å². The lowest BCUT2D eigenvalue weighted by atomic mass is 9.86. The standard InChI is InChI=1S/C14H26N2O/c1-11-13(8-5-9-15-11)16-14(17)10-12-6-3-2-4-7-12/h11-13,15H,2-10H2,1H3,(H,16,17). The number of rotatable bonds is 3. The van der Waals surface area contributed by atoms with Crippen molar-refractivity contribution in [3.8, 4) is 0 Å². The minimum atomic E-state index is 0.275. The highest BCUT2D eigenvalue weighted by atomic mass is 16.1. The molecule has 1 aliphatic carbocycles. The van der Waals surface area contributed by atoms with Crippen LogP contribution in [0.15, 0.2) is 0 Å². The van der Waals surface area contributed by atoms with E-state index in [1.807, 2.05) is 0 Å². The van der Waals surface area contributed by atoms with Gasteiger partial charge in [0.2, 0.25) is 5.91 Å². The van der Waals surface area contributed by atoms with Gasteiger partial charge in [-0.05, 0) is 45.1 Å². The molecule has 1 saturated heterocycles. The van der Waals surface area contributed by atoms with E-state index in [0.29, 0.717) is 18.0 Å². The number of hydrogen-bond acceptors (Lipinski definition) is 2. The Bertz CT molecular complexity index is 249. The van der Waals surface area contributed by atoms with E-state index in [9.17, 15) is 4.79 Å². The summed E-state index contributed by atoms with van der Waals surface area (Å²) in [4.78, 5) is 12.0. The quantitative estimate of drug-likeness (QED) is 0.791. The number of amides is 1. The van der Waals surface area contributed by atoms with E-state index in [1.54, 1.807) is 0 Å². The zero-order chi connectivity index (χ0) is 12.1. The van der Waals surface area contributed by atoms with E-state index in [0.717, 1.165) is 19.4 Å². The second-order valence-electron chi connectivity index (χ2n) is 5.77.